The predicted molar refractivity (Wildman–Crippen MR) is 74.5 cm³/mol. The number of pyridine rings is 1. The van der Waals surface area contributed by atoms with Gasteiger partial charge in [0.2, 0.25) is 5.88 Å². The van der Waals surface area contributed by atoms with Crippen LogP contribution in [0.5, 0.6) is 5.88 Å². The summed E-state index contributed by atoms with van der Waals surface area (Å²) in [6.45, 7) is 3.85. The molecule has 1 atom stereocenters. The van der Waals surface area contributed by atoms with Crippen LogP contribution in [0.15, 0.2) is 12.1 Å². The Hall–Kier alpha value is -1.49. The van der Waals surface area contributed by atoms with E-state index in [0.29, 0.717) is 17.0 Å². The third-order valence-electron chi connectivity index (χ3n) is 4.23. The van der Waals surface area contributed by atoms with Crippen molar-refractivity contribution < 1.29 is 9.47 Å². The topological polar surface area (TPSA) is 60.6 Å². The summed E-state index contributed by atoms with van der Waals surface area (Å²) in [7, 11) is 1.60. The molecule has 2 aliphatic rings. The first-order valence-corrected chi connectivity index (χ1v) is 6.86. The Balaban J connectivity index is 1.77. The zero-order valence-corrected chi connectivity index (χ0v) is 11.4. The van der Waals surface area contributed by atoms with Crippen molar-refractivity contribution >= 4 is 11.5 Å². The van der Waals surface area contributed by atoms with Gasteiger partial charge >= 0.3 is 0 Å². The van der Waals surface area contributed by atoms with Crippen LogP contribution in [0.1, 0.15) is 19.3 Å². The molecule has 2 fully saturated rings. The van der Waals surface area contributed by atoms with Crippen LogP contribution < -0.4 is 15.4 Å². The largest absolute Gasteiger partial charge is 0.479 e. The van der Waals surface area contributed by atoms with Crippen molar-refractivity contribution in [2.75, 3.05) is 44.0 Å². The smallest absolute Gasteiger partial charge is 0.238 e. The summed E-state index contributed by atoms with van der Waals surface area (Å²) in [6.07, 6.45) is 3.61. The van der Waals surface area contributed by atoms with Gasteiger partial charge < -0.3 is 20.1 Å². The Morgan fingerprint density at radius 2 is 2.32 bits per heavy atom. The quantitative estimate of drug-likeness (QED) is 0.879. The van der Waals surface area contributed by atoms with Crippen LogP contribution in [0.3, 0.4) is 0 Å². The van der Waals surface area contributed by atoms with E-state index in [1.54, 1.807) is 7.11 Å². The molecule has 0 bridgehead atoms. The van der Waals surface area contributed by atoms with E-state index in [2.05, 4.69) is 9.88 Å². The molecular formula is C14H21N3O2. The average molecular weight is 263 g/mol. The summed E-state index contributed by atoms with van der Waals surface area (Å²) >= 11 is 0. The third kappa shape index (κ3) is 2.34. The molecule has 2 aliphatic heterocycles. The molecule has 104 valence electrons. The summed E-state index contributed by atoms with van der Waals surface area (Å²) in [5, 5.41) is 0. The molecule has 5 heteroatoms. The number of nitrogens with two attached hydrogens (primary N) is 1. The number of ether oxygens (including phenoxy) is 2. The minimum absolute atomic E-state index is 0.328. The van der Waals surface area contributed by atoms with Crippen molar-refractivity contribution in [2.24, 2.45) is 5.41 Å². The molecule has 0 saturated carbocycles. The number of anilines is 2. The second-order valence-corrected chi connectivity index (χ2v) is 5.60. The summed E-state index contributed by atoms with van der Waals surface area (Å²) in [4.78, 5) is 6.80. The van der Waals surface area contributed by atoms with E-state index in [9.17, 15) is 0 Å². The first-order chi connectivity index (χ1) is 9.22. The fraction of sp³-hybridized carbons (Fsp3) is 0.643. The van der Waals surface area contributed by atoms with Gasteiger partial charge in [-0.3, -0.25) is 0 Å². The second-order valence-electron chi connectivity index (χ2n) is 5.60. The summed E-state index contributed by atoms with van der Waals surface area (Å²) in [6, 6.07) is 3.84. The molecule has 1 unspecified atom stereocenters. The lowest BCUT2D eigenvalue weighted by Gasteiger charge is -2.33. The van der Waals surface area contributed by atoms with Crippen molar-refractivity contribution in [1.29, 1.82) is 0 Å². The predicted octanol–water partition coefficient (Wildman–Crippen LogP) is 1.68. The molecule has 2 N–H and O–H groups in total. The van der Waals surface area contributed by atoms with E-state index >= 15 is 0 Å². The van der Waals surface area contributed by atoms with Gasteiger partial charge in [-0.05, 0) is 31.4 Å². The van der Waals surface area contributed by atoms with E-state index in [-0.39, 0.29) is 0 Å². The van der Waals surface area contributed by atoms with Gasteiger partial charge in [-0.2, -0.15) is 4.98 Å². The molecule has 0 amide bonds. The monoisotopic (exact) mass is 263 g/mol. The molecule has 3 heterocycles. The van der Waals surface area contributed by atoms with Gasteiger partial charge in [0.1, 0.15) is 5.82 Å². The lowest BCUT2D eigenvalue weighted by molar-refractivity contribution is 0.00437. The number of nitrogens with zero attached hydrogens (tertiary/aromatic N) is 2. The molecule has 19 heavy (non-hydrogen) atoms. The van der Waals surface area contributed by atoms with Gasteiger partial charge in [0.25, 0.3) is 0 Å². The van der Waals surface area contributed by atoms with Crippen LogP contribution >= 0.6 is 0 Å². The van der Waals surface area contributed by atoms with Gasteiger partial charge in [-0.15, -0.1) is 0 Å². The Morgan fingerprint density at radius 3 is 3.05 bits per heavy atom. The van der Waals surface area contributed by atoms with Gasteiger partial charge in [0.15, 0.2) is 0 Å². The van der Waals surface area contributed by atoms with E-state index in [1.807, 2.05) is 12.1 Å². The zero-order chi connectivity index (χ0) is 13.3. The summed E-state index contributed by atoms with van der Waals surface area (Å²) in [5.41, 5.74) is 6.72. The number of hydrogen-bond donors (Lipinski definition) is 1. The highest BCUT2D eigenvalue weighted by Gasteiger charge is 2.40. The van der Waals surface area contributed by atoms with Crippen molar-refractivity contribution in [3.63, 3.8) is 0 Å². The zero-order valence-electron chi connectivity index (χ0n) is 11.4. The first-order valence-electron chi connectivity index (χ1n) is 6.86. The Labute approximate surface area is 113 Å². The Kier molecular flexibility index (Phi) is 3.22. The van der Waals surface area contributed by atoms with E-state index in [0.717, 1.165) is 32.1 Å². The lowest BCUT2D eigenvalue weighted by atomic mass is 9.82. The number of rotatable bonds is 2. The van der Waals surface area contributed by atoms with Crippen LogP contribution in [0.4, 0.5) is 11.5 Å². The maximum absolute atomic E-state index is 5.81. The molecule has 5 nitrogen and oxygen atoms in total. The third-order valence-corrected chi connectivity index (χ3v) is 4.23. The molecule has 0 aliphatic carbocycles. The van der Waals surface area contributed by atoms with Crippen molar-refractivity contribution in [1.82, 2.24) is 4.98 Å². The van der Waals surface area contributed by atoms with Gasteiger partial charge in [0.05, 0.1) is 19.4 Å². The van der Waals surface area contributed by atoms with E-state index in [1.165, 1.54) is 19.3 Å². The molecular weight excluding hydrogens is 242 g/mol. The molecule has 1 aromatic rings. The SMILES string of the molecule is COc1nc(N2CCC3(CCCOC3)C2)ccc1N. The minimum Gasteiger partial charge on any atom is -0.479 e. The minimum atomic E-state index is 0.328. The van der Waals surface area contributed by atoms with Crippen molar-refractivity contribution in [2.45, 2.75) is 19.3 Å². The van der Waals surface area contributed by atoms with Crippen molar-refractivity contribution in [3.05, 3.63) is 12.1 Å². The highest BCUT2D eigenvalue weighted by molar-refractivity contribution is 5.55. The molecule has 1 aromatic heterocycles. The van der Waals surface area contributed by atoms with Crippen LogP contribution in [0, 0.1) is 5.41 Å². The first kappa shape index (κ1) is 12.5. The molecule has 0 aromatic carbocycles. The number of aromatic nitrogens is 1. The van der Waals surface area contributed by atoms with E-state index < -0.39 is 0 Å². The summed E-state index contributed by atoms with van der Waals surface area (Å²) in [5.74, 6) is 1.46. The Bertz CT molecular complexity index is 458. The number of methoxy groups -OCH3 is 1. The maximum atomic E-state index is 5.81. The molecule has 2 saturated heterocycles. The average Bonchev–Trinajstić information content (AvgIpc) is 2.84. The molecule has 0 radical (unpaired) electrons. The van der Waals surface area contributed by atoms with Crippen LogP contribution in [-0.4, -0.2) is 38.4 Å². The normalized spacial score (nSPS) is 26.9. The van der Waals surface area contributed by atoms with Crippen LogP contribution in [0.25, 0.3) is 0 Å². The summed E-state index contributed by atoms with van der Waals surface area (Å²) < 4.78 is 10.9. The number of nitrogen functional groups attached to an aromatic ring is 1. The van der Waals surface area contributed by atoms with Crippen LogP contribution in [0.2, 0.25) is 0 Å². The fourth-order valence-corrected chi connectivity index (χ4v) is 3.14. The van der Waals surface area contributed by atoms with Gasteiger partial charge in [-0.1, -0.05) is 0 Å². The second kappa shape index (κ2) is 4.89. The Morgan fingerprint density at radius 1 is 1.42 bits per heavy atom. The standard InChI is InChI=1S/C14H21N3O2/c1-18-13-11(15)3-4-12(16-13)17-7-6-14(9-17)5-2-8-19-10-14/h3-4H,2,5-10,15H2,1H3. The molecule has 3 rings (SSSR count). The van der Waals surface area contributed by atoms with E-state index in [4.69, 9.17) is 15.2 Å². The lowest BCUT2D eigenvalue weighted by Crippen LogP contribution is -2.35. The van der Waals surface area contributed by atoms with Crippen LogP contribution in [-0.2, 0) is 4.74 Å². The van der Waals surface area contributed by atoms with Gasteiger partial charge in [0, 0.05) is 25.1 Å². The number of hydrogen-bond acceptors (Lipinski definition) is 5. The maximum Gasteiger partial charge on any atom is 0.238 e. The fourth-order valence-electron chi connectivity index (χ4n) is 3.14. The van der Waals surface area contributed by atoms with Gasteiger partial charge in [-0.25, -0.2) is 0 Å². The molecule has 1 spiro atoms. The highest BCUT2D eigenvalue weighted by Crippen LogP contribution is 2.39. The van der Waals surface area contributed by atoms with Crippen molar-refractivity contribution in [3.8, 4) is 5.88 Å². The highest BCUT2D eigenvalue weighted by atomic mass is 16.5.